The molecule has 0 aliphatic carbocycles. The lowest BCUT2D eigenvalue weighted by atomic mass is 10.1. The van der Waals surface area contributed by atoms with Gasteiger partial charge in [-0.05, 0) is 57.7 Å². The largest absolute Gasteiger partial charge is 0.444 e. The van der Waals surface area contributed by atoms with Crippen molar-refractivity contribution in [3.05, 3.63) is 88.3 Å². The van der Waals surface area contributed by atoms with Gasteiger partial charge in [0.2, 0.25) is 5.91 Å². The van der Waals surface area contributed by atoms with Crippen LogP contribution in [0, 0.1) is 0 Å². The molecule has 1 fully saturated rings. The zero-order valence-electron chi connectivity index (χ0n) is 17.8. The van der Waals surface area contributed by atoms with Crippen LogP contribution in [0.3, 0.4) is 0 Å². The van der Waals surface area contributed by atoms with Crippen molar-refractivity contribution in [2.75, 3.05) is 38.0 Å². The molecule has 0 saturated carbocycles. The Labute approximate surface area is 196 Å². The van der Waals surface area contributed by atoms with Crippen molar-refractivity contribution in [3.63, 3.8) is 0 Å². The smallest absolute Gasteiger partial charge is 0.291 e. The fourth-order valence-electron chi connectivity index (χ4n) is 3.77. The fourth-order valence-corrected chi connectivity index (χ4v) is 4.08. The molecule has 3 aromatic rings. The number of rotatable bonds is 7. The molecule has 2 heterocycles. The number of nitrogens with zero attached hydrogens (tertiary/aromatic N) is 2. The number of hydrogen-bond donors (Lipinski definition) is 1. The Bertz CT molecular complexity index is 1040. The molecule has 1 aromatic heterocycles. The highest BCUT2D eigenvalue weighted by atomic mass is 79.9. The second-order valence-electron chi connectivity index (χ2n) is 7.89. The third kappa shape index (κ3) is 6.08. The average Bonchev–Trinajstić information content (AvgIpc) is 3.26. The van der Waals surface area contributed by atoms with Crippen molar-refractivity contribution in [1.82, 2.24) is 9.80 Å². The van der Waals surface area contributed by atoms with E-state index in [2.05, 4.69) is 50.4 Å². The zero-order chi connectivity index (χ0) is 22.3. The van der Waals surface area contributed by atoms with Gasteiger partial charge in [-0.3, -0.25) is 14.5 Å². The number of piperazine rings is 1. The molecule has 166 valence electrons. The lowest BCUT2D eigenvalue weighted by Gasteiger charge is -2.34. The third-order valence-corrected chi connectivity index (χ3v) is 6.07. The van der Waals surface area contributed by atoms with Gasteiger partial charge in [0, 0.05) is 38.4 Å². The summed E-state index contributed by atoms with van der Waals surface area (Å²) in [4.78, 5) is 29.3. The van der Waals surface area contributed by atoms with Crippen molar-refractivity contribution < 1.29 is 14.0 Å². The number of hydrogen-bond acceptors (Lipinski definition) is 4. The molecular weight excluding hydrogens is 470 g/mol. The first-order chi connectivity index (χ1) is 15.6. The highest BCUT2D eigenvalue weighted by Gasteiger charge is 2.21. The second-order valence-corrected chi connectivity index (χ2v) is 8.67. The van der Waals surface area contributed by atoms with Gasteiger partial charge >= 0.3 is 0 Å². The van der Waals surface area contributed by atoms with Gasteiger partial charge in [-0.15, -0.1) is 0 Å². The van der Waals surface area contributed by atoms with Gasteiger partial charge < -0.3 is 14.6 Å². The van der Waals surface area contributed by atoms with Gasteiger partial charge in [-0.2, -0.15) is 0 Å². The van der Waals surface area contributed by atoms with E-state index < -0.39 is 0 Å². The lowest BCUT2D eigenvalue weighted by molar-refractivity contribution is -0.132. The Balaban J connectivity index is 1.21. The van der Waals surface area contributed by atoms with E-state index in [4.69, 9.17) is 4.42 Å². The van der Waals surface area contributed by atoms with Gasteiger partial charge in [0.05, 0.1) is 6.42 Å². The van der Waals surface area contributed by atoms with Crippen LogP contribution in [0.2, 0.25) is 0 Å². The van der Waals surface area contributed by atoms with Crippen LogP contribution in [0.5, 0.6) is 0 Å². The maximum atomic E-state index is 12.7. The average molecular weight is 496 g/mol. The number of amides is 2. The summed E-state index contributed by atoms with van der Waals surface area (Å²) in [6.45, 7) is 4.37. The molecule has 0 unspecified atom stereocenters. The lowest BCUT2D eigenvalue weighted by Crippen LogP contribution is -2.49. The molecule has 0 bridgehead atoms. The molecule has 1 aliphatic rings. The molecule has 32 heavy (non-hydrogen) atoms. The number of anilines is 1. The van der Waals surface area contributed by atoms with Gasteiger partial charge in [0.1, 0.15) is 0 Å². The van der Waals surface area contributed by atoms with Gasteiger partial charge in [-0.25, -0.2) is 0 Å². The predicted molar refractivity (Wildman–Crippen MR) is 128 cm³/mol. The van der Waals surface area contributed by atoms with Crippen molar-refractivity contribution in [3.8, 4) is 0 Å². The van der Waals surface area contributed by atoms with E-state index in [9.17, 15) is 9.59 Å². The van der Waals surface area contributed by atoms with Crippen molar-refractivity contribution in [2.45, 2.75) is 12.8 Å². The normalized spacial score (nSPS) is 14.3. The van der Waals surface area contributed by atoms with Crippen LogP contribution in [0.4, 0.5) is 5.69 Å². The number of nitrogens with one attached hydrogen (secondary N) is 1. The standard InChI is InChI=1S/C25H26BrN3O3/c26-23-11-10-22(32-23)25(31)27-21-8-6-20(7-9-21)18-24(30)29-16-14-28(15-17-29)13-12-19-4-2-1-3-5-19/h1-11H,12-18H2,(H,27,31). The molecule has 0 atom stereocenters. The first-order valence-electron chi connectivity index (χ1n) is 10.8. The zero-order valence-corrected chi connectivity index (χ0v) is 19.4. The minimum atomic E-state index is -0.315. The molecule has 0 spiro atoms. The second kappa shape index (κ2) is 10.6. The minimum Gasteiger partial charge on any atom is -0.444 e. The third-order valence-electron chi connectivity index (χ3n) is 5.65. The van der Waals surface area contributed by atoms with Gasteiger partial charge in [0.25, 0.3) is 5.91 Å². The number of benzene rings is 2. The Morgan fingerprint density at radius 1 is 0.875 bits per heavy atom. The van der Waals surface area contributed by atoms with Crippen molar-refractivity contribution in [1.29, 1.82) is 0 Å². The monoisotopic (exact) mass is 495 g/mol. The Kier molecular flexibility index (Phi) is 7.39. The number of carbonyl (C=O) groups is 2. The summed E-state index contributed by atoms with van der Waals surface area (Å²) in [5, 5.41) is 2.79. The SMILES string of the molecule is O=C(Nc1ccc(CC(=O)N2CCN(CCc3ccccc3)CC2)cc1)c1ccc(Br)o1. The number of halogens is 1. The maximum absolute atomic E-state index is 12.7. The first kappa shape index (κ1) is 22.3. The summed E-state index contributed by atoms with van der Waals surface area (Å²) >= 11 is 3.19. The van der Waals surface area contributed by atoms with E-state index in [0.29, 0.717) is 16.8 Å². The highest BCUT2D eigenvalue weighted by Crippen LogP contribution is 2.17. The first-order valence-corrected chi connectivity index (χ1v) is 11.6. The molecule has 2 aromatic carbocycles. The molecule has 7 heteroatoms. The Morgan fingerprint density at radius 3 is 2.25 bits per heavy atom. The predicted octanol–water partition coefficient (Wildman–Crippen LogP) is 4.22. The van der Waals surface area contributed by atoms with Gasteiger partial charge in [-0.1, -0.05) is 42.5 Å². The summed E-state index contributed by atoms with van der Waals surface area (Å²) < 4.78 is 5.77. The van der Waals surface area contributed by atoms with E-state index in [0.717, 1.165) is 44.7 Å². The van der Waals surface area contributed by atoms with E-state index in [1.807, 2.05) is 23.1 Å². The van der Waals surface area contributed by atoms with Crippen LogP contribution in [0.15, 0.2) is 75.8 Å². The van der Waals surface area contributed by atoms with E-state index in [1.54, 1.807) is 24.3 Å². The summed E-state index contributed by atoms with van der Waals surface area (Å²) in [5.41, 5.74) is 2.94. The van der Waals surface area contributed by atoms with Gasteiger partial charge in [0.15, 0.2) is 10.4 Å². The molecule has 6 nitrogen and oxygen atoms in total. The molecule has 0 radical (unpaired) electrons. The van der Waals surface area contributed by atoms with Crippen molar-refractivity contribution in [2.24, 2.45) is 0 Å². The summed E-state index contributed by atoms with van der Waals surface area (Å²) in [6.07, 6.45) is 1.40. The summed E-state index contributed by atoms with van der Waals surface area (Å²) in [7, 11) is 0. The topological polar surface area (TPSA) is 65.8 Å². The van der Waals surface area contributed by atoms with E-state index >= 15 is 0 Å². The van der Waals surface area contributed by atoms with Crippen LogP contribution >= 0.6 is 15.9 Å². The highest BCUT2D eigenvalue weighted by molar-refractivity contribution is 9.10. The van der Waals surface area contributed by atoms with Crippen LogP contribution < -0.4 is 5.32 Å². The van der Waals surface area contributed by atoms with Crippen LogP contribution in [0.25, 0.3) is 0 Å². The Morgan fingerprint density at radius 2 is 1.59 bits per heavy atom. The summed E-state index contributed by atoms with van der Waals surface area (Å²) in [6, 6.07) is 21.1. The van der Waals surface area contributed by atoms with E-state index in [1.165, 1.54) is 5.56 Å². The minimum absolute atomic E-state index is 0.143. The maximum Gasteiger partial charge on any atom is 0.291 e. The number of furan rings is 1. The summed E-state index contributed by atoms with van der Waals surface area (Å²) in [5.74, 6) is 0.0635. The van der Waals surface area contributed by atoms with Crippen molar-refractivity contribution >= 4 is 33.4 Å². The molecule has 4 rings (SSSR count). The molecule has 1 saturated heterocycles. The number of carbonyl (C=O) groups excluding carboxylic acids is 2. The quantitative estimate of drug-likeness (QED) is 0.532. The molecule has 1 N–H and O–H groups in total. The van der Waals surface area contributed by atoms with Crippen LogP contribution in [-0.4, -0.2) is 54.3 Å². The Hall–Kier alpha value is -2.90. The fraction of sp³-hybridized carbons (Fsp3) is 0.280. The molecular formula is C25H26BrN3O3. The van der Waals surface area contributed by atoms with E-state index in [-0.39, 0.29) is 17.6 Å². The van der Waals surface area contributed by atoms with Crippen LogP contribution in [0.1, 0.15) is 21.7 Å². The molecule has 1 aliphatic heterocycles. The van der Waals surface area contributed by atoms with Crippen LogP contribution in [-0.2, 0) is 17.6 Å². The molecule has 2 amide bonds.